The van der Waals surface area contributed by atoms with Gasteiger partial charge < -0.3 is 39.8 Å². The van der Waals surface area contributed by atoms with Gasteiger partial charge in [-0.2, -0.15) is 0 Å². The molecule has 0 aromatic carbocycles. The second-order valence-corrected chi connectivity index (χ2v) is 7.96. The van der Waals surface area contributed by atoms with Gasteiger partial charge in [0.25, 0.3) is 0 Å². The number of nitrogens with two attached hydrogens (primary N) is 1. The highest BCUT2D eigenvalue weighted by molar-refractivity contribution is 5.92. The van der Waals surface area contributed by atoms with Crippen molar-refractivity contribution in [3.63, 3.8) is 0 Å². The van der Waals surface area contributed by atoms with Gasteiger partial charge in [0.1, 0.15) is 24.9 Å². The summed E-state index contributed by atoms with van der Waals surface area (Å²) in [5.74, 6) is -3.15. The van der Waals surface area contributed by atoms with Crippen LogP contribution in [0.25, 0.3) is 0 Å². The normalized spacial score (nSPS) is 25.0. The maximum absolute atomic E-state index is 12.1. The molecule has 2 rings (SSSR count). The van der Waals surface area contributed by atoms with E-state index in [0.29, 0.717) is 19.3 Å². The number of hydrogen-bond acceptors (Lipinski definition) is 11. The predicted octanol–water partition coefficient (Wildman–Crippen LogP) is -0.381. The molecule has 5 atom stereocenters. The van der Waals surface area contributed by atoms with Crippen molar-refractivity contribution in [3.8, 4) is 0 Å². The third-order valence-corrected chi connectivity index (χ3v) is 5.38. The number of aliphatic hydroxyl groups excluding tert-OH is 2. The number of ether oxygens (including phenoxy) is 4. The number of esters is 3. The van der Waals surface area contributed by atoms with Gasteiger partial charge in [0.2, 0.25) is 5.91 Å². The molecule has 0 aromatic heterocycles. The van der Waals surface area contributed by atoms with E-state index in [1.165, 1.54) is 11.1 Å². The molecule has 0 saturated carbocycles. The average Bonchev–Trinajstić information content (AvgIpc) is 3.10. The molecule has 2 aliphatic heterocycles. The van der Waals surface area contributed by atoms with E-state index in [2.05, 4.69) is 0 Å². The molecule has 1 unspecified atom stereocenters. The van der Waals surface area contributed by atoms with Crippen LogP contribution in [0.4, 0.5) is 0 Å². The Labute approximate surface area is 197 Å². The fourth-order valence-electron chi connectivity index (χ4n) is 3.51. The zero-order valence-electron chi connectivity index (χ0n) is 19.4. The number of allylic oxidation sites excluding steroid dienone is 1. The van der Waals surface area contributed by atoms with Crippen LogP contribution >= 0.6 is 0 Å². The maximum Gasteiger partial charge on any atom is 0.335 e. The third kappa shape index (κ3) is 7.27. The Morgan fingerprint density at radius 3 is 2.53 bits per heavy atom. The third-order valence-electron chi connectivity index (χ3n) is 5.38. The summed E-state index contributed by atoms with van der Waals surface area (Å²) in [7, 11) is 0. The van der Waals surface area contributed by atoms with E-state index in [1.807, 2.05) is 13.8 Å². The summed E-state index contributed by atoms with van der Waals surface area (Å²) in [5, 5.41) is 20.6. The monoisotopic (exact) mass is 484 g/mol. The van der Waals surface area contributed by atoms with E-state index < -0.39 is 67.5 Å². The number of aliphatic hydroxyl groups is 2. The van der Waals surface area contributed by atoms with Gasteiger partial charge >= 0.3 is 17.9 Å². The van der Waals surface area contributed by atoms with Crippen molar-refractivity contribution in [2.75, 3.05) is 6.61 Å². The van der Waals surface area contributed by atoms with E-state index >= 15 is 0 Å². The molecule has 4 N–H and O–H groups in total. The van der Waals surface area contributed by atoms with Gasteiger partial charge in [-0.3, -0.25) is 14.4 Å². The van der Waals surface area contributed by atoms with Crippen LogP contribution in [0.2, 0.25) is 0 Å². The lowest BCUT2D eigenvalue weighted by Gasteiger charge is -2.30. The number of primary amides is 1. The Hall–Kier alpha value is -2.96. The van der Waals surface area contributed by atoms with E-state index in [1.54, 1.807) is 12.3 Å². The molecule has 2 heterocycles. The summed E-state index contributed by atoms with van der Waals surface area (Å²) in [6.45, 7) is 4.36. The first-order valence-corrected chi connectivity index (χ1v) is 11.1. The Kier molecular flexibility index (Phi) is 10.0. The van der Waals surface area contributed by atoms with E-state index in [4.69, 9.17) is 24.7 Å². The van der Waals surface area contributed by atoms with Gasteiger partial charge in [0.15, 0.2) is 18.4 Å². The Morgan fingerprint density at radius 1 is 1.26 bits per heavy atom. The summed E-state index contributed by atoms with van der Waals surface area (Å²) in [4.78, 5) is 48.5. The van der Waals surface area contributed by atoms with Gasteiger partial charge in [0.05, 0.1) is 6.42 Å². The molecule has 12 nitrogen and oxygen atoms in total. The number of nitrogens with zero attached hydrogens (tertiary/aromatic N) is 1. The number of hydrogen-bond donors (Lipinski definition) is 3. The Bertz CT molecular complexity index is 823. The SMILES string of the molecule is CCC(CC)OC(=O)C[C@H](O)C(=O)OC[C@H]1O[C@@H](N2C=CCC(C(N)=O)=C2)C(OC(C)=O)[C@@H]1O. The quantitative estimate of drug-likeness (QED) is 0.257. The second kappa shape index (κ2) is 12.5. The second-order valence-electron chi connectivity index (χ2n) is 7.96. The van der Waals surface area contributed by atoms with Gasteiger partial charge in [0, 0.05) is 24.9 Å². The molecule has 1 fully saturated rings. The topological polar surface area (TPSA) is 175 Å². The summed E-state index contributed by atoms with van der Waals surface area (Å²) in [6.07, 6.45) is -1.22. The van der Waals surface area contributed by atoms with Crippen molar-refractivity contribution in [2.24, 2.45) is 5.73 Å². The minimum absolute atomic E-state index is 0.278. The smallest absolute Gasteiger partial charge is 0.335 e. The molecule has 0 spiro atoms. The molecule has 190 valence electrons. The van der Waals surface area contributed by atoms with Crippen LogP contribution in [0.3, 0.4) is 0 Å². The first kappa shape index (κ1) is 27.3. The Morgan fingerprint density at radius 2 is 1.94 bits per heavy atom. The van der Waals surface area contributed by atoms with E-state index in [-0.39, 0.29) is 11.7 Å². The molecular weight excluding hydrogens is 452 g/mol. The molecule has 0 aliphatic carbocycles. The average molecular weight is 485 g/mol. The van der Waals surface area contributed by atoms with Crippen molar-refractivity contribution in [1.29, 1.82) is 0 Å². The van der Waals surface area contributed by atoms with Crippen molar-refractivity contribution in [3.05, 3.63) is 24.0 Å². The molecule has 12 heteroatoms. The molecule has 34 heavy (non-hydrogen) atoms. The molecule has 2 aliphatic rings. The summed E-state index contributed by atoms with van der Waals surface area (Å²) < 4.78 is 21.1. The minimum atomic E-state index is -1.76. The lowest BCUT2D eigenvalue weighted by atomic mass is 10.1. The van der Waals surface area contributed by atoms with Crippen LogP contribution in [-0.4, -0.2) is 82.3 Å². The maximum atomic E-state index is 12.1. The highest BCUT2D eigenvalue weighted by Crippen LogP contribution is 2.30. The van der Waals surface area contributed by atoms with Gasteiger partial charge in [-0.05, 0) is 19.3 Å². The van der Waals surface area contributed by atoms with Crippen LogP contribution < -0.4 is 5.73 Å². The number of rotatable bonds is 11. The van der Waals surface area contributed by atoms with Crippen LogP contribution in [-0.2, 0) is 38.1 Å². The number of amides is 1. The lowest BCUT2D eigenvalue weighted by Crippen LogP contribution is -2.43. The van der Waals surface area contributed by atoms with Crippen LogP contribution in [0.1, 0.15) is 46.5 Å². The highest BCUT2D eigenvalue weighted by Gasteiger charge is 2.48. The van der Waals surface area contributed by atoms with Gasteiger partial charge in [-0.1, -0.05) is 19.9 Å². The molecular formula is C22H32N2O10. The zero-order valence-corrected chi connectivity index (χ0v) is 19.4. The lowest BCUT2D eigenvalue weighted by molar-refractivity contribution is -0.166. The Balaban J connectivity index is 2.00. The van der Waals surface area contributed by atoms with Crippen molar-refractivity contribution in [1.82, 2.24) is 4.90 Å². The highest BCUT2D eigenvalue weighted by atomic mass is 16.6. The predicted molar refractivity (Wildman–Crippen MR) is 115 cm³/mol. The fraction of sp³-hybridized carbons (Fsp3) is 0.636. The van der Waals surface area contributed by atoms with Crippen molar-refractivity contribution < 1.29 is 48.3 Å². The molecule has 0 bridgehead atoms. The first-order valence-electron chi connectivity index (χ1n) is 11.1. The number of carbonyl (C=O) groups excluding carboxylic acids is 4. The fourth-order valence-corrected chi connectivity index (χ4v) is 3.51. The van der Waals surface area contributed by atoms with E-state index in [9.17, 15) is 29.4 Å². The van der Waals surface area contributed by atoms with Crippen LogP contribution in [0.5, 0.6) is 0 Å². The standard InChI is InChI=1S/C22H32N2O10/c1-4-14(5-2)33-17(27)9-15(26)22(30)31-11-16-18(28)19(32-12(3)25)21(34-16)24-8-6-7-13(10-24)20(23)29/h6,8,10,14-16,18-19,21,26,28H,4-5,7,9,11H2,1-3H3,(H2,23,29)/t15-,16+,18+,19?,21+/m0/s1. The van der Waals surface area contributed by atoms with Gasteiger partial charge in [-0.15, -0.1) is 0 Å². The molecule has 0 aromatic rings. The molecule has 1 amide bonds. The molecule has 0 radical (unpaired) electrons. The van der Waals surface area contributed by atoms with Gasteiger partial charge in [-0.25, -0.2) is 4.79 Å². The summed E-state index contributed by atoms with van der Waals surface area (Å²) in [6, 6.07) is 0. The zero-order chi connectivity index (χ0) is 25.4. The first-order chi connectivity index (χ1) is 16.1. The molecule has 1 saturated heterocycles. The van der Waals surface area contributed by atoms with E-state index in [0.717, 1.165) is 6.92 Å². The van der Waals surface area contributed by atoms with Crippen LogP contribution in [0, 0.1) is 0 Å². The van der Waals surface area contributed by atoms with Crippen molar-refractivity contribution >= 4 is 23.8 Å². The summed E-state index contributed by atoms with van der Waals surface area (Å²) in [5.41, 5.74) is 5.60. The van der Waals surface area contributed by atoms with Crippen LogP contribution in [0.15, 0.2) is 24.0 Å². The minimum Gasteiger partial charge on any atom is -0.462 e. The number of carbonyl (C=O) groups is 4. The van der Waals surface area contributed by atoms with Crippen molar-refractivity contribution in [2.45, 2.75) is 83.2 Å². The largest absolute Gasteiger partial charge is 0.462 e. The summed E-state index contributed by atoms with van der Waals surface area (Å²) >= 11 is 0.